The molecule has 142 valence electrons. The number of nitrogens with zero attached hydrogens (tertiary/aromatic N) is 2. The van der Waals surface area contributed by atoms with E-state index in [9.17, 15) is 0 Å². The second-order valence-corrected chi connectivity index (χ2v) is 7.23. The molecule has 1 aromatic rings. The molecule has 0 aliphatic heterocycles. The van der Waals surface area contributed by atoms with Gasteiger partial charge in [0, 0.05) is 25.4 Å². The third kappa shape index (κ3) is 6.56. The third-order valence-corrected chi connectivity index (χ3v) is 5.34. The maximum absolute atomic E-state index is 8.86. The van der Waals surface area contributed by atoms with Crippen LogP contribution in [0.25, 0.3) is 0 Å². The van der Waals surface area contributed by atoms with E-state index in [4.69, 9.17) is 22.2 Å². The van der Waals surface area contributed by atoms with Gasteiger partial charge in [0.2, 0.25) is 0 Å². The first-order valence-electron chi connectivity index (χ1n) is 9.44. The smallest absolute Gasteiger partial charge is 0.173 e. The number of anilines is 1. The SMILES string of the molecule is CNCCCCOC1CCC(N(C)C(=S)Nc2ccc(C#N)cc2)CC1. The van der Waals surface area contributed by atoms with Crippen LogP contribution in [0.5, 0.6) is 0 Å². The Balaban J connectivity index is 1.70. The van der Waals surface area contributed by atoms with Crippen LogP contribution in [0, 0.1) is 11.3 Å². The molecule has 0 bridgehead atoms. The summed E-state index contributed by atoms with van der Waals surface area (Å²) in [6, 6.07) is 9.94. The van der Waals surface area contributed by atoms with Crippen molar-refractivity contribution in [2.24, 2.45) is 0 Å². The zero-order chi connectivity index (χ0) is 18.8. The Bertz CT molecular complexity index is 591. The van der Waals surface area contributed by atoms with E-state index in [-0.39, 0.29) is 0 Å². The monoisotopic (exact) mass is 374 g/mol. The summed E-state index contributed by atoms with van der Waals surface area (Å²) < 4.78 is 6.01. The predicted octanol–water partition coefficient (Wildman–Crippen LogP) is 3.51. The molecule has 5 nitrogen and oxygen atoms in total. The van der Waals surface area contributed by atoms with Crippen LogP contribution in [0.15, 0.2) is 24.3 Å². The van der Waals surface area contributed by atoms with Crippen LogP contribution in [0.3, 0.4) is 0 Å². The molecule has 1 saturated carbocycles. The molecule has 0 spiro atoms. The van der Waals surface area contributed by atoms with Crippen molar-refractivity contribution in [2.75, 3.05) is 32.6 Å². The Labute approximate surface area is 162 Å². The van der Waals surface area contributed by atoms with Gasteiger partial charge < -0.3 is 20.3 Å². The average Bonchev–Trinajstić information content (AvgIpc) is 2.68. The zero-order valence-corrected chi connectivity index (χ0v) is 16.6. The van der Waals surface area contributed by atoms with Gasteiger partial charge in [0.25, 0.3) is 0 Å². The van der Waals surface area contributed by atoms with Gasteiger partial charge in [0.1, 0.15) is 0 Å². The van der Waals surface area contributed by atoms with E-state index in [0.29, 0.717) is 17.7 Å². The standard InChI is InChI=1S/C20H30N4OS/c1-22-13-3-4-14-25-19-11-9-18(10-12-19)24(2)20(26)23-17-7-5-16(15-21)6-8-17/h5-8,18-19,22H,3-4,9-14H2,1-2H3,(H,23,26). The number of nitrogens with one attached hydrogen (secondary N) is 2. The summed E-state index contributed by atoms with van der Waals surface area (Å²) in [6.07, 6.45) is 7.10. The molecule has 2 rings (SSSR count). The highest BCUT2D eigenvalue weighted by molar-refractivity contribution is 7.80. The molecule has 26 heavy (non-hydrogen) atoms. The lowest BCUT2D eigenvalue weighted by Crippen LogP contribution is -2.42. The van der Waals surface area contributed by atoms with Gasteiger partial charge in [-0.3, -0.25) is 0 Å². The van der Waals surface area contributed by atoms with Crippen LogP contribution in [0.1, 0.15) is 44.1 Å². The number of hydrogen-bond acceptors (Lipinski definition) is 4. The molecular formula is C20H30N4OS. The van der Waals surface area contributed by atoms with E-state index in [2.05, 4.69) is 28.7 Å². The highest BCUT2D eigenvalue weighted by Gasteiger charge is 2.25. The average molecular weight is 375 g/mol. The number of rotatable bonds is 8. The van der Waals surface area contributed by atoms with Crippen molar-refractivity contribution in [2.45, 2.75) is 50.7 Å². The first kappa shape index (κ1) is 20.6. The number of thiocarbonyl (C=S) groups is 1. The Morgan fingerprint density at radius 2 is 1.92 bits per heavy atom. The van der Waals surface area contributed by atoms with Crippen molar-refractivity contribution in [1.29, 1.82) is 5.26 Å². The highest BCUT2D eigenvalue weighted by Crippen LogP contribution is 2.25. The Morgan fingerprint density at radius 1 is 1.23 bits per heavy atom. The van der Waals surface area contributed by atoms with E-state index in [1.807, 2.05) is 19.2 Å². The van der Waals surface area contributed by atoms with Crippen LogP contribution in [0.4, 0.5) is 5.69 Å². The van der Waals surface area contributed by atoms with Crippen LogP contribution < -0.4 is 10.6 Å². The fourth-order valence-electron chi connectivity index (χ4n) is 3.26. The highest BCUT2D eigenvalue weighted by atomic mass is 32.1. The van der Waals surface area contributed by atoms with Crippen LogP contribution in [0.2, 0.25) is 0 Å². The first-order valence-corrected chi connectivity index (χ1v) is 9.85. The number of unbranched alkanes of at least 4 members (excludes halogenated alkanes) is 1. The Hall–Kier alpha value is -1.68. The van der Waals surface area contributed by atoms with Crippen molar-refractivity contribution in [3.05, 3.63) is 29.8 Å². The molecule has 2 N–H and O–H groups in total. The fourth-order valence-corrected chi connectivity index (χ4v) is 3.53. The summed E-state index contributed by atoms with van der Waals surface area (Å²) in [5, 5.41) is 16.0. The number of benzene rings is 1. The molecule has 0 amide bonds. The minimum atomic E-state index is 0.397. The second-order valence-electron chi connectivity index (χ2n) is 6.84. The molecule has 1 aromatic carbocycles. The molecule has 0 saturated heterocycles. The van der Waals surface area contributed by atoms with Gasteiger partial charge >= 0.3 is 0 Å². The predicted molar refractivity (Wildman–Crippen MR) is 110 cm³/mol. The van der Waals surface area contributed by atoms with Gasteiger partial charge in [-0.15, -0.1) is 0 Å². The molecule has 0 atom stereocenters. The molecule has 1 fully saturated rings. The van der Waals surface area contributed by atoms with E-state index in [0.717, 1.165) is 56.1 Å². The summed E-state index contributed by atoms with van der Waals surface area (Å²) in [5.74, 6) is 0. The van der Waals surface area contributed by atoms with E-state index >= 15 is 0 Å². The zero-order valence-electron chi connectivity index (χ0n) is 15.8. The normalized spacial score (nSPS) is 19.6. The molecule has 1 aliphatic rings. The largest absolute Gasteiger partial charge is 0.378 e. The molecular weight excluding hydrogens is 344 g/mol. The molecule has 0 radical (unpaired) electrons. The molecule has 0 aromatic heterocycles. The maximum atomic E-state index is 8.86. The van der Waals surface area contributed by atoms with Gasteiger partial charge in [-0.2, -0.15) is 5.26 Å². The van der Waals surface area contributed by atoms with Gasteiger partial charge in [-0.05, 0) is 88.6 Å². The van der Waals surface area contributed by atoms with E-state index in [1.54, 1.807) is 12.1 Å². The maximum Gasteiger partial charge on any atom is 0.173 e. The number of ether oxygens (including phenoxy) is 1. The molecule has 0 unspecified atom stereocenters. The molecule has 6 heteroatoms. The van der Waals surface area contributed by atoms with Crippen molar-refractivity contribution in [1.82, 2.24) is 10.2 Å². The lowest BCUT2D eigenvalue weighted by molar-refractivity contribution is 0.0152. The number of hydrogen-bond donors (Lipinski definition) is 2. The lowest BCUT2D eigenvalue weighted by Gasteiger charge is -2.36. The van der Waals surface area contributed by atoms with Gasteiger partial charge in [0.05, 0.1) is 17.7 Å². The molecule has 0 heterocycles. The summed E-state index contributed by atoms with van der Waals surface area (Å²) >= 11 is 5.55. The number of nitriles is 1. The Morgan fingerprint density at radius 3 is 2.54 bits per heavy atom. The minimum absolute atomic E-state index is 0.397. The topological polar surface area (TPSA) is 60.3 Å². The minimum Gasteiger partial charge on any atom is -0.378 e. The van der Waals surface area contributed by atoms with Crippen LogP contribution in [-0.2, 0) is 4.74 Å². The summed E-state index contributed by atoms with van der Waals surface area (Å²) in [7, 11) is 4.04. The first-order chi connectivity index (χ1) is 12.6. The lowest BCUT2D eigenvalue weighted by atomic mass is 9.92. The third-order valence-electron chi connectivity index (χ3n) is 4.95. The van der Waals surface area contributed by atoms with Gasteiger partial charge in [0.15, 0.2) is 5.11 Å². The van der Waals surface area contributed by atoms with Crippen molar-refractivity contribution >= 4 is 23.0 Å². The summed E-state index contributed by atoms with van der Waals surface area (Å²) in [6.45, 7) is 1.93. The van der Waals surface area contributed by atoms with E-state index in [1.165, 1.54) is 6.42 Å². The second kappa shape index (κ2) is 11.1. The van der Waals surface area contributed by atoms with E-state index < -0.39 is 0 Å². The van der Waals surface area contributed by atoms with Crippen molar-refractivity contribution in [3.63, 3.8) is 0 Å². The summed E-state index contributed by atoms with van der Waals surface area (Å²) in [4.78, 5) is 2.16. The van der Waals surface area contributed by atoms with Gasteiger partial charge in [-0.1, -0.05) is 0 Å². The van der Waals surface area contributed by atoms with Crippen LogP contribution in [-0.4, -0.2) is 49.4 Å². The van der Waals surface area contributed by atoms with Crippen molar-refractivity contribution in [3.8, 4) is 6.07 Å². The fraction of sp³-hybridized carbons (Fsp3) is 0.600. The quantitative estimate of drug-likeness (QED) is 0.536. The van der Waals surface area contributed by atoms with Crippen molar-refractivity contribution < 1.29 is 4.74 Å². The molecule has 1 aliphatic carbocycles. The Kier molecular flexibility index (Phi) is 8.82. The van der Waals surface area contributed by atoms with Gasteiger partial charge in [-0.25, -0.2) is 0 Å². The van der Waals surface area contributed by atoms with Crippen LogP contribution >= 0.6 is 12.2 Å². The summed E-state index contributed by atoms with van der Waals surface area (Å²) in [5.41, 5.74) is 1.57.